The average molecular weight is 403 g/mol. The first-order chi connectivity index (χ1) is 12.6. The van der Waals surface area contributed by atoms with Gasteiger partial charge in [0.05, 0.1) is 36.7 Å². The zero-order chi connectivity index (χ0) is 20.7. The molecule has 0 aromatic heterocycles. The van der Waals surface area contributed by atoms with Crippen molar-refractivity contribution in [3.8, 4) is 0 Å². The molecule has 0 radical (unpaired) electrons. The molecule has 3 N–H and O–H groups in total. The van der Waals surface area contributed by atoms with Crippen molar-refractivity contribution in [1.82, 2.24) is 0 Å². The number of hydroxylamine groups is 2. The molecular formula is C17H26NO8P. The normalized spacial score (nSPS) is 24.5. The molecule has 0 bridgehead atoms. The maximum Gasteiger partial charge on any atom is 0.340 e. The predicted octanol–water partition coefficient (Wildman–Crippen LogP) is 1.72. The summed E-state index contributed by atoms with van der Waals surface area (Å²) in [7, 11) is -3.70. The molecule has 1 aliphatic heterocycles. The van der Waals surface area contributed by atoms with Gasteiger partial charge in [-0.05, 0) is 39.3 Å². The van der Waals surface area contributed by atoms with E-state index >= 15 is 0 Å². The van der Waals surface area contributed by atoms with Crippen LogP contribution in [0.2, 0.25) is 0 Å². The molecule has 10 heteroatoms. The molecule has 0 aromatic rings. The van der Waals surface area contributed by atoms with E-state index in [0.29, 0.717) is 0 Å². The number of rotatable bonds is 7. The molecule has 2 rings (SSSR count). The zero-order valence-electron chi connectivity index (χ0n) is 15.6. The van der Waals surface area contributed by atoms with E-state index in [-0.39, 0.29) is 35.8 Å². The minimum atomic E-state index is -3.70. The molecule has 1 heterocycles. The molecule has 0 spiro atoms. The highest BCUT2D eigenvalue weighted by Crippen LogP contribution is 2.63. The number of aliphatic carboxylic acids is 2. The van der Waals surface area contributed by atoms with E-state index in [4.69, 9.17) is 19.3 Å². The molecule has 0 saturated heterocycles. The number of carboxylic acid groups (broad SMARTS) is 2. The van der Waals surface area contributed by atoms with Gasteiger partial charge >= 0.3 is 19.5 Å². The zero-order valence-corrected chi connectivity index (χ0v) is 16.5. The highest BCUT2D eigenvalue weighted by Gasteiger charge is 2.48. The van der Waals surface area contributed by atoms with Crippen LogP contribution in [0.4, 0.5) is 0 Å². The summed E-state index contributed by atoms with van der Waals surface area (Å²) in [6.07, 6.45) is 6.69. The van der Waals surface area contributed by atoms with Crippen molar-refractivity contribution < 1.29 is 38.5 Å². The highest BCUT2D eigenvalue weighted by atomic mass is 31.2. The molecule has 0 fully saturated rings. The standard InChI is InChI=1S/C13H19O7P.C4H7NO/c1-4-19-21(18,20-5-2)13(3)7-9(11(14)15)6-10(8-13)12(16)17;6-5-3-1-2-4-5/h6-7H,4-5,8H2,1-3H3,(H,14,15)(H,16,17);1,3,5H,2,4H2. The molecule has 2 aliphatic rings. The van der Waals surface area contributed by atoms with E-state index < -0.39 is 24.7 Å². The Labute approximate surface area is 158 Å². The number of nitrogens with one attached hydrogen (secondary N) is 1. The van der Waals surface area contributed by atoms with E-state index in [1.165, 1.54) is 13.0 Å². The molecule has 0 saturated carbocycles. The lowest BCUT2D eigenvalue weighted by molar-refractivity contribution is -0.784. The van der Waals surface area contributed by atoms with Crippen LogP contribution in [0.3, 0.4) is 0 Å². The van der Waals surface area contributed by atoms with Gasteiger partial charge in [-0.2, -0.15) is 0 Å². The Morgan fingerprint density at radius 1 is 1.26 bits per heavy atom. The monoisotopic (exact) mass is 403 g/mol. The maximum absolute atomic E-state index is 12.9. The lowest BCUT2D eigenvalue weighted by atomic mass is 9.90. The molecule has 2 unspecified atom stereocenters. The SMILES string of the molecule is CCOP(=O)(OCC)C1(C)C=C(C(=O)O)C=C(C(=O)O)C1.[O-][NH+]1C=CCC1. The number of hydrogen-bond acceptors (Lipinski definition) is 6. The fraction of sp³-hybridized carbons (Fsp3) is 0.529. The van der Waals surface area contributed by atoms with Gasteiger partial charge in [0, 0.05) is 12.0 Å². The summed E-state index contributed by atoms with van der Waals surface area (Å²) in [6, 6.07) is 0. The summed E-state index contributed by atoms with van der Waals surface area (Å²) in [5, 5.41) is 27.3. The van der Waals surface area contributed by atoms with Gasteiger partial charge in [-0.25, -0.2) is 9.59 Å². The minimum absolute atomic E-state index is 0.106. The van der Waals surface area contributed by atoms with E-state index in [1.807, 2.05) is 6.08 Å². The first kappa shape index (κ1) is 23.3. The molecule has 9 nitrogen and oxygen atoms in total. The van der Waals surface area contributed by atoms with Crippen LogP contribution >= 0.6 is 7.60 Å². The summed E-state index contributed by atoms with van der Waals surface area (Å²) in [4.78, 5) is 22.4. The van der Waals surface area contributed by atoms with Gasteiger partial charge in [0.1, 0.15) is 0 Å². The average Bonchev–Trinajstić information content (AvgIpc) is 3.06. The van der Waals surface area contributed by atoms with Gasteiger partial charge in [0.25, 0.3) is 0 Å². The van der Waals surface area contributed by atoms with Gasteiger partial charge in [0.15, 0.2) is 0 Å². The van der Waals surface area contributed by atoms with Crippen molar-refractivity contribution in [1.29, 1.82) is 0 Å². The Hall–Kier alpha value is -1.77. The lowest BCUT2D eigenvalue weighted by Crippen LogP contribution is -3.00. The van der Waals surface area contributed by atoms with Crippen LogP contribution in [-0.2, 0) is 23.2 Å². The van der Waals surface area contributed by atoms with Crippen LogP contribution < -0.4 is 5.06 Å². The van der Waals surface area contributed by atoms with Crippen LogP contribution in [0.1, 0.15) is 33.6 Å². The van der Waals surface area contributed by atoms with Gasteiger partial charge < -0.3 is 29.5 Å². The fourth-order valence-electron chi connectivity index (χ4n) is 2.68. The van der Waals surface area contributed by atoms with Crippen molar-refractivity contribution >= 4 is 19.5 Å². The number of carbonyl (C=O) groups is 2. The van der Waals surface area contributed by atoms with E-state index in [0.717, 1.165) is 19.0 Å². The second-order valence-corrected chi connectivity index (χ2v) is 8.69. The van der Waals surface area contributed by atoms with Gasteiger partial charge in [0.2, 0.25) is 0 Å². The van der Waals surface area contributed by atoms with Gasteiger partial charge in [-0.15, -0.1) is 0 Å². The van der Waals surface area contributed by atoms with Crippen LogP contribution in [0, 0.1) is 5.21 Å². The molecular weight excluding hydrogens is 377 g/mol. The third-order valence-corrected chi connectivity index (χ3v) is 6.69. The second-order valence-electron chi connectivity index (χ2n) is 6.15. The maximum atomic E-state index is 12.9. The number of quaternary nitrogens is 1. The lowest BCUT2D eigenvalue weighted by Gasteiger charge is -2.35. The quantitative estimate of drug-likeness (QED) is 0.432. The Morgan fingerprint density at radius 2 is 1.85 bits per heavy atom. The Kier molecular flexibility index (Phi) is 8.59. The predicted molar refractivity (Wildman–Crippen MR) is 98.3 cm³/mol. The van der Waals surface area contributed by atoms with Crippen molar-refractivity contribution in [3.05, 3.63) is 40.8 Å². The highest BCUT2D eigenvalue weighted by molar-refractivity contribution is 7.55. The summed E-state index contributed by atoms with van der Waals surface area (Å²) < 4.78 is 23.4. The Balaban J connectivity index is 0.000000511. The number of hydrogen-bond donors (Lipinski definition) is 3. The first-order valence-electron chi connectivity index (χ1n) is 8.57. The number of allylic oxidation sites excluding steroid dienone is 1. The molecule has 2 atom stereocenters. The minimum Gasteiger partial charge on any atom is -0.629 e. The number of carboxylic acids is 2. The topological polar surface area (TPSA) is 138 Å². The fourth-order valence-corrected chi connectivity index (χ4v) is 4.69. The largest absolute Gasteiger partial charge is 0.629 e. The van der Waals surface area contributed by atoms with Crippen molar-refractivity contribution in [2.75, 3.05) is 19.8 Å². The summed E-state index contributed by atoms with van der Waals surface area (Å²) in [5.74, 6) is -2.55. The van der Waals surface area contributed by atoms with Crippen molar-refractivity contribution in [3.63, 3.8) is 0 Å². The van der Waals surface area contributed by atoms with E-state index in [2.05, 4.69) is 0 Å². The van der Waals surface area contributed by atoms with Crippen LogP contribution in [-0.4, -0.2) is 47.1 Å². The third kappa shape index (κ3) is 6.12. The van der Waals surface area contributed by atoms with E-state index in [1.54, 1.807) is 20.0 Å². The second kappa shape index (κ2) is 9.96. The van der Waals surface area contributed by atoms with Crippen LogP contribution in [0.25, 0.3) is 0 Å². The van der Waals surface area contributed by atoms with Crippen molar-refractivity contribution in [2.24, 2.45) is 0 Å². The third-order valence-electron chi connectivity index (χ3n) is 3.95. The van der Waals surface area contributed by atoms with Crippen LogP contribution in [0.15, 0.2) is 35.6 Å². The summed E-state index contributed by atoms with van der Waals surface area (Å²) in [5.41, 5.74) is -0.377. The summed E-state index contributed by atoms with van der Waals surface area (Å²) in [6.45, 7) is 5.70. The van der Waals surface area contributed by atoms with Crippen LogP contribution in [0.5, 0.6) is 0 Å². The molecule has 1 aliphatic carbocycles. The molecule has 152 valence electrons. The smallest absolute Gasteiger partial charge is 0.340 e. The first-order valence-corrected chi connectivity index (χ1v) is 10.1. The van der Waals surface area contributed by atoms with Gasteiger partial charge in [-0.3, -0.25) is 4.57 Å². The van der Waals surface area contributed by atoms with Gasteiger partial charge in [-0.1, -0.05) is 6.08 Å². The molecule has 0 aromatic carbocycles. The molecule has 27 heavy (non-hydrogen) atoms. The van der Waals surface area contributed by atoms with Crippen molar-refractivity contribution in [2.45, 2.75) is 38.8 Å². The Morgan fingerprint density at radius 3 is 2.19 bits per heavy atom. The van der Waals surface area contributed by atoms with E-state index in [9.17, 15) is 19.4 Å². The Bertz CT molecular complexity index is 689. The molecule has 0 amide bonds. The summed E-state index contributed by atoms with van der Waals surface area (Å²) >= 11 is 0.